The van der Waals surface area contributed by atoms with E-state index in [9.17, 15) is 14.4 Å². The van der Waals surface area contributed by atoms with E-state index >= 15 is 0 Å². The highest BCUT2D eigenvalue weighted by Crippen LogP contribution is 2.24. The second-order valence-corrected chi connectivity index (χ2v) is 5.11. The lowest BCUT2D eigenvalue weighted by Gasteiger charge is -2.14. The van der Waals surface area contributed by atoms with Gasteiger partial charge < -0.3 is 15.5 Å². The molecular weight excluding hydrogens is 344 g/mol. The summed E-state index contributed by atoms with van der Waals surface area (Å²) in [5, 5.41) is 20.6. The maximum Gasteiger partial charge on any atom is 0.337 e. The van der Waals surface area contributed by atoms with E-state index in [0.717, 1.165) is 11.0 Å². The van der Waals surface area contributed by atoms with Gasteiger partial charge in [-0.1, -0.05) is 15.9 Å². The number of aliphatic hydroxyl groups excluding tert-OH is 1. The number of benzene rings is 1. The van der Waals surface area contributed by atoms with E-state index in [1.807, 2.05) is 0 Å². The van der Waals surface area contributed by atoms with E-state index in [1.165, 1.54) is 12.1 Å². The summed E-state index contributed by atoms with van der Waals surface area (Å²) < 4.78 is 0.625. The Hall–Kier alpha value is -2.19. The molecule has 0 saturated heterocycles. The summed E-state index contributed by atoms with van der Waals surface area (Å²) >= 11 is 3.21. The first-order valence-corrected chi connectivity index (χ1v) is 6.71. The number of imide groups is 1. The van der Waals surface area contributed by atoms with Gasteiger partial charge in [-0.15, -0.1) is 0 Å². The number of β-amino-alcohol motifs (C(OH)–C–C–N with tert-alkyl or cyclic N) is 1. The van der Waals surface area contributed by atoms with Gasteiger partial charge in [0.25, 0.3) is 11.8 Å². The second kappa shape index (κ2) is 6.06. The van der Waals surface area contributed by atoms with Crippen molar-refractivity contribution in [2.24, 2.45) is 0 Å². The Morgan fingerprint density at radius 2 is 2.05 bits per heavy atom. The summed E-state index contributed by atoms with van der Waals surface area (Å²) in [7, 11) is 0. The maximum absolute atomic E-state index is 12.0. The van der Waals surface area contributed by atoms with Crippen molar-refractivity contribution in [3.05, 3.63) is 40.0 Å². The van der Waals surface area contributed by atoms with Crippen molar-refractivity contribution in [2.45, 2.75) is 0 Å². The SMILES string of the molecule is O=C(O)c1ccc(Br)cc1NC1=CC(=O)N(CCO)C1=O. The highest BCUT2D eigenvalue weighted by atomic mass is 79.9. The Balaban J connectivity index is 2.29. The van der Waals surface area contributed by atoms with Gasteiger partial charge >= 0.3 is 5.97 Å². The van der Waals surface area contributed by atoms with Crippen LogP contribution < -0.4 is 5.32 Å². The van der Waals surface area contributed by atoms with Crippen molar-refractivity contribution in [1.29, 1.82) is 0 Å². The van der Waals surface area contributed by atoms with Gasteiger partial charge in [-0.2, -0.15) is 0 Å². The van der Waals surface area contributed by atoms with Gasteiger partial charge in [0, 0.05) is 10.5 Å². The molecule has 1 heterocycles. The molecule has 1 aromatic rings. The van der Waals surface area contributed by atoms with Gasteiger partial charge in [-0.05, 0) is 18.2 Å². The fraction of sp³-hybridized carbons (Fsp3) is 0.154. The lowest BCUT2D eigenvalue weighted by Crippen LogP contribution is -2.34. The van der Waals surface area contributed by atoms with Gasteiger partial charge in [0.2, 0.25) is 0 Å². The zero-order chi connectivity index (χ0) is 15.6. The average Bonchev–Trinajstić information content (AvgIpc) is 2.67. The monoisotopic (exact) mass is 354 g/mol. The van der Waals surface area contributed by atoms with Crippen molar-refractivity contribution >= 4 is 39.4 Å². The van der Waals surface area contributed by atoms with Crippen LogP contribution in [0.2, 0.25) is 0 Å². The van der Waals surface area contributed by atoms with Crippen molar-refractivity contribution < 1.29 is 24.6 Å². The molecule has 0 aliphatic carbocycles. The van der Waals surface area contributed by atoms with E-state index in [-0.39, 0.29) is 30.1 Å². The lowest BCUT2D eigenvalue weighted by molar-refractivity contribution is -0.137. The van der Waals surface area contributed by atoms with Crippen LogP contribution in [0, 0.1) is 0 Å². The molecule has 0 atom stereocenters. The van der Waals surface area contributed by atoms with Crippen molar-refractivity contribution in [3.8, 4) is 0 Å². The number of aliphatic hydroxyl groups is 1. The highest BCUT2D eigenvalue weighted by Gasteiger charge is 2.31. The smallest absolute Gasteiger partial charge is 0.337 e. The summed E-state index contributed by atoms with van der Waals surface area (Å²) in [6, 6.07) is 4.43. The number of nitrogens with zero attached hydrogens (tertiary/aromatic N) is 1. The predicted octanol–water partition coefficient (Wildman–Crippen LogP) is 0.804. The van der Waals surface area contributed by atoms with Crippen molar-refractivity contribution in [3.63, 3.8) is 0 Å². The number of hydrogen-bond acceptors (Lipinski definition) is 5. The number of rotatable bonds is 5. The minimum atomic E-state index is -1.16. The lowest BCUT2D eigenvalue weighted by atomic mass is 10.1. The summed E-state index contributed by atoms with van der Waals surface area (Å²) in [6.07, 6.45) is 1.07. The summed E-state index contributed by atoms with van der Waals surface area (Å²) in [5.41, 5.74) is 0.129. The van der Waals surface area contributed by atoms with Gasteiger partial charge in [0.05, 0.1) is 24.4 Å². The number of nitrogens with one attached hydrogen (secondary N) is 1. The Kier molecular flexibility index (Phi) is 4.39. The van der Waals surface area contributed by atoms with Crippen LogP contribution in [-0.2, 0) is 9.59 Å². The zero-order valence-corrected chi connectivity index (χ0v) is 12.3. The van der Waals surface area contributed by atoms with Gasteiger partial charge in [0.1, 0.15) is 5.70 Å². The molecule has 0 fully saturated rings. The van der Waals surface area contributed by atoms with E-state index in [0.29, 0.717) is 4.47 Å². The first-order chi connectivity index (χ1) is 9.93. The Morgan fingerprint density at radius 3 is 2.67 bits per heavy atom. The number of amides is 2. The molecule has 0 bridgehead atoms. The molecule has 110 valence electrons. The number of carbonyl (C=O) groups excluding carboxylic acids is 2. The van der Waals surface area contributed by atoms with Gasteiger partial charge in [-0.25, -0.2) is 4.79 Å². The predicted molar refractivity (Wildman–Crippen MR) is 76.6 cm³/mol. The van der Waals surface area contributed by atoms with Crippen molar-refractivity contribution in [1.82, 2.24) is 4.90 Å². The van der Waals surface area contributed by atoms with Crippen LogP contribution in [0.25, 0.3) is 0 Å². The Labute approximate surface area is 128 Å². The molecule has 0 aromatic heterocycles. The number of hydrogen-bond donors (Lipinski definition) is 3. The topological polar surface area (TPSA) is 107 Å². The van der Waals surface area contributed by atoms with Crippen LogP contribution in [-0.4, -0.2) is 46.0 Å². The average molecular weight is 355 g/mol. The molecule has 7 nitrogen and oxygen atoms in total. The minimum Gasteiger partial charge on any atom is -0.478 e. The van der Waals surface area contributed by atoms with Crippen LogP contribution in [0.4, 0.5) is 5.69 Å². The van der Waals surface area contributed by atoms with Gasteiger partial charge in [-0.3, -0.25) is 14.5 Å². The second-order valence-electron chi connectivity index (χ2n) is 4.20. The molecular formula is C13H11BrN2O5. The number of halogens is 1. The number of aromatic carboxylic acids is 1. The fourth-order valence-corrected chi connectivity index (χ4v) is 2.22. The summed E-state index contributed by atoms with van der Waals surface area (Å²) in [6.45, 7) is -0.445. The van der Waals surface area contributed by atoms with Crippen LogP contribution in [0.15, 0.2) is 34.4 Å². The molecule has 0 spiro atoms. The summed E-state index contributed by atoms with van der Waals surface area (Å²) in [4.78, 5) is 35.6. The normalized spacial score (nSPS) is 14.4. The molecule has 1 aliphatic heterocycles. The quantitative estimate of drug-likeness (QED) is 0.675. The molecule has 0 radical (unpaired) electrons. The minimum absolute atomic E-state index is 0.0278. The van der Waals surface area contributed by atoms with Crippen LogP contribution >= 0.6 is 15.9 Å². The fourth-order valence-electron chi connectivity index (χ4n) is 1.86. The molecule has 2 amide bonds. The number of carboxylic acids is 1. The van der Waals surface area contributed by atoms with Crippen LogP contribution in [0.5, 0.6) is 0 Å². The third kappa shape index (κ3) is 3.11. The van der Waals surface area contributed by atoms with E-state index in [1.54, 1.807) is 6.07 Å². The standard InChI is InChI=1S/C13H11BrN2O5/c14-7-1-2-8(13(20)21)9(5-7)15-10-6-11(18)16(3-4-17)12(10)19/h1-2,5-6,15,17H,3-4H2,(H,20,21). The van der Waals surface area contributed by atoms with Crippen molar-refractivity contribution in [2.75, 3.05) is 18.5 Å². The van der Waals surface area contributed by atoms with Crippen LogP contribution in [0.3, 0.4) is 0 Å². The largest absolute Gasteiger partial charge is 0.478 e. The maximum atomic E-state index is 12.0. The third-order valence-electron chi connectivity index (χ3n) is 2.81. The molecule has 0 unspecified atom stereocenters. The third-order valence-corrected chi connectivity index (χ3v) is 3.31. The molecule has 21 heavy (non-hydrogen) atoms. The van der Waals surface area contributed by atoms with E-state index in [2.05, 4.69) is 21.2 Å². The zero-order valence-electron chi connectivity index (χ0n) is 10.7. The first kappa shape index (κ1) is 15.2. The molecule has 0 saturated carbocycles. The number of anilines is 1. The Morgan fingerprint density at radius 1 is 1.33 bits per heavy atom. The Bertz CT molecular complexity index is 656. The first-order valence-electron chi connectivity index (χ1n) is 5.92. The summed E-state index contributed by atoms with van der Waals surface area (Å²) in [5.74, 6) is -2.32. The molecule has 2 rings (SSSR count). The van der Waals surface area contributed by atoms with Gasteiger partial charge in [0.15, 0.2) is 0 Å². The number of carbonyl (C=O) groups is 3. The molecule has 8 heteroatoms. The van der Waals surface area contributed by atoms with E-state index < -0.39 is 17.8 Å². The van der Waals surface area contributed by atoms with E-state index in [4.69, 9.17) is 10.2 Å². The molecule has 1 aliphatic rings. The highest BCUT2D eigenvalue weighted by molar-refractivity contribution is 9.10. The number of carboxylic acid groups (broad SMARTS) is 1. The molecule has 3 N–H and O–H groups in total. The van der Waals surface area contributed by atoms with Crippen LogP contribution in [0.1, 0.15) is 10.4 Å². The molecule has 1 aromatic carbocycles.